The molecule has 5 heteroatoms. The third kappa shape index (κ3) is 4.00. The Bertz CT molecular complexity index is 408. The number of nitrogens with two attached hydrogens (primary N) is 1. The Balaban J connectivity index is 2.98. The normalized spacial score (nSPS) is 14.0. The van der Waals surface area contributed by atoms with Crippen molar-refractivity contribution in [2.45, 2.75) is 13.3 Å². The van der Waals surface area contributed by atoms with Crippen molar-refractivity contribution < 1.29 is 14.6 Å². The largest absolute Gasteiger partial charge is 0.496 e. The third-order valence-corrected chi connectivity index (χ3v) is 3.73. The van der Waals surface area contributed by atoms with Crippen LogP contribution in [0.1, 0.15) is 12.5 Å². The van der Waals surface area contributed by atoms with Crippen molar-refractivity contribution in [1.82, 2.24) is 0 Å². The van der Waals surface area contributed by atoms with E-state index in [0.29, 0.717) is 17.3 Å². The molecule has 4 nitrogen and oxygen atoms in total. The number of methoxy groups -OCH3 is 2. The van der Waals surface area contributed by atoms with Gasteiger partial charge in [0.05, 0.1) is 19.2 Å². The smallest absolute Gasteiger partial charge is 0.137 e. The van der Waals surface area contributed by atoms with E-state index >= 15 is 0 Å². The summed E-state index contributed by atoms with van der Waals surface area (Å²) < 4.78 is 10.6. The standard InChI is InChI=1S/C14H22ClNO3/c1-9(11(7-16)8-17)4-10-5-14(19-3)12(15)6-13(10)18-2/h5-6,9,11,17H,4,7-8,16H2,1-3H3. The Kier molecular flexibility index (Phi) is 6.42. The number of hydrogen-bond donors (Lipinski definition) is 2. The van der Waals surface area contributed by atoms with Gasteiger partial charge in [-0.05, 0) is 36.4 Å². The van der Waals surface area contributed by atoms with E-state index in [9.17, 15) is 5.11 Å². The van der Waals surface area contributed by atoms with Crippen LogP contribution in [0.3, 0.4) is 0 Å². The molecule has 108 valence electrons. The summed E-state index contributed by atoms with van der Waals surface area (Å²) in [6.07, 6.45) is 0.749. The summed E-state index contributed by atoms with van der Waals surface area (Å²) in [7, 11) is 3.19. The number of hydrogen-bond acceptors (Lipinski definition) is 4. The van der Waals surface area contributed by atoms with Gasteiger partial charge in [-0.2, -0.15) is 0 Å². The zero-order valence-corrected chi connectivity index (χ0v) is 12.4. The molecule has 0 bridgehead atoms. The molecular formula is C14H22ClNO3. The van der Waals surface area contributed by atoms with Crippen molar-refractivity contribution in [1.29, 1.82) is 0 Å². The number of ether oxygens (including phenoxy) is 2. The second-order valence-corrected chi connectivity index (χ2v) is 5.07. The molecule has 0 saturated heterocycles. The molecule has 0 heterocycles. The lowest BCUT2D eigenvalue weighted by atomic mass is 9.88. The fourth-order valence-electron chi connectivity index (χ4n) is 2.08. The van der Waals surface area contributed by atoms with Gasteiger partial charge >= 0.3 is 0 Å². The topological polar surface area (TPSA) is 64.7 Å². The fourth-order valence-corrected chi connectivity index (χ4v) is 2.31. The van der Waals surface area contributed by atoms with E-state index in [2.05, 4.69) is 6.92 Å². The maximum atomic E-state index is 9.29. The molecule has 0 aliphatic heterocycles. The predicted molar refractivity (Wildman–Crippen MR) is 77.1 cm³/mol. The first-order valence-electron chi connectivity index (χ1n) is 6.28. The molecule has 0 aliphatic carbocycles. The van der Waals surface area contributed by atoms with Crippen LogP contribution < -0.4 is 15.2 Å². The third-order valence-electron chi connectivity index (χ3n) is 3.44. The highest BCUT2D eigenvalue weighted by Crippen LogP contribution is 2.34. The van der Waals surface area contributed by atoms with Crippen molar-refractivity contribution in [3.63, 3.8) is 0 Å². The van der Waals surface area contributed by atoms with Gasteiger partial charge in [0.2, 0.25) is 0 Å². The highest BCUT2D eigenvalue weighted by atomic mass is 35.5. The molecule has 0 aliphatic rings. The molecule has 1 aromatic rings. The maximum absolute atomic E-state index is 9.29. The molecule has 2 unspecified atom stereocenters. The fraction of sp³-hybridized carbons (Fsp3) is 0.571. The van der Waals surface area contributed by atoms with E-state index in [1.54, 1.807) is 20.3 Å². The molecule has 0 saturated carbocycles. The lowest BCUT2D eigenvalue weighted by Crippen LogP contribution is -2.26. The molecule has 0 amide bonds. The maximum Gasteiger partial charge on any atom is 0.137 e. The van der Waals surface area contributed by atoms with Crippen LogP contribution in [0, 0.1) is 11.8 Å². The molecule has 19 heavy (non-hydrogen) atoms. The highest BCUT2D eigenvalue weighted by Gasteiger charge is 2.18. The SMILES string of the molecule is COc1cc(CC(C)C(CN)CO)c(OC)cc1Cl. The van der Waals surface area contributed by atoms with Gasteiger partial charge in [0.25, 0.3) is 0 Å². The Morgan fingerprint density at radius 2 is 1.89 bits per heavy atom. The zero-order chi connectivity index (χ0) is 14.4. The Morgan fingerprint density at radius 1 is 1.26 bits per heavy atom. The van der Waals surface area contributed by atoms with Crippen LogP contribution in [-0.4, -0.2) is 32.5 Å². The van der Waals surface area contributed by atoms with Gasteiger partial charge in [-0.15, -0.1) is 0 Å². The summed E-state index contributed by atoms with van der Waals surface area (Å²) in [5.41, 5.74) is 6.65. The van der Waals surface area contributed by atoms with E-state index < -0.39 is 0 Å². The van der Waals surface area contributed by atoms with E-state index in [4.69, 9.17) is 26.8 Å². The molecule has 0 spiro atoms. The number of rotatable bonds is 7. The molecule has 1 aromatic carbocycles. The predicted octanol–water partition coefficient (Wildman–Crippen LogP) is 2.10. The Labute approximate surface area is 119 Å². The minimum absolute atomic E-state index is 0.0754. The lowest BCUT2D eigenvalue weighted by Gasteiger charge is -2.22. The minimum Gasteiger partial charge on any atom is -0.496 e. The van der Waals surface area contributed by atoms with Gasteiger partial charge in [-0.25, -0.2) is 0 Å². The van der Waals surface area contributed by atoms with Crippen LogP contribution in [0.2, 0.25) is 5.02 Å². The number of aliphatic hydroxyl groups excluding tert-OH is 1. The second kappa shape index (κ2) is 7.58. The van der Waals surface area contributed by atoms with Crippen LogP contribution in [-0.2, 0) is 6.42 Å². The molecule has 3 N–H and O–H groups in total. The quantitative estimate of drug-likeness (QED) is 0.806. The van der Waals surface area contributed by atoms with Crippen LogP contribution in [0.25, 0.3) is 0 Å². The summed E-state index contributed by atoms with van der Waals surface area (Å²) in [4.78, 5) is 0. The summed E-state index contributed by atoms with van der Waals surface area (Å²) in [5, 5.41) is 9.81. The molecule has 2 atom stereocenters. The van der Waals surface area contributed by atoms with Crippen LogP contribution in [0.4, 0.5) is 0 Å². The molecule has 1 rings (SSSR count). The van der Waals surface area contributed by atoms with E-state index in [-0.39, 0.29) is 18.4 Å². The Hall–Kier alpha value is -0.970. The molecule has 0 fully saturated rings. The zero-order valence-electron chi connectivity index (χ0n) is 11.6. The van der Waals surface area contributed by atoms with Gasteiger partial charge in [0.15, 0.2) is 0 Å². The van der Waals surface area contributed by atoms with Crippen molar-refractivity contribution in [3.8, 4) is 11.5 Å². The number of aliphatic hydroxyl groups is 1. The highest BCUT2D eigenvalue weighted by molar-refractivity contribution is 6.32. The first-order chi connectivity index (χ1) is 9.07. The molecule has 0 aromatic heterocycles. The second-order valence-electron chi connectivity index (χ2n) is 4.66. The summed E-state index contributed by atoms with van der Waals surface area (Å²) in [6, 6.07) is 3.63. The summed E-state index contributed by atoms with van der Waals surface area (Å²) >= 11 is 6.07. The summed E-state index contributed by atoms with van der Waals surface area (Å²) in [6.45, 7) is 2.61. The van der Waals surface area contributed by atoms with Gasteiger partial charge in [-0.3, -0.25) is 0 Å². The molecule has 0 radical (unpaired) electrons. The van der Waals surface area contributed by atoms with Crippen molar-refractivity contribution >= 4 is 11.6 Å². The van der Waals surface area contributed by atoms with Crippen molar-refractivity contribution in [2.24, 2.45) is 17.6 Å². The first-order valence-corrected chi connectivity index (χ1v) is 6.66. The van der Waals surface area contributed by atoms with E-state index in [1.165, 1.54) is 0 Å². The monoisotopic (exact) mass is 287 g/mol. The lowest BCUT2D eigenvalue weighted by molar-refractivity contribution is 0.186. The van der Waals surface area contributed by atoms with E-state index in [1.807, 2.05) is 6.07 Å². The van der Waals surface area contributed by atoms with Crippen LogP contribution in [0.5, 0.6) is 11.5 Å². The first kappa shape index (κ1) is 16.1. The van der Waals surface area contributed by atoms with Gasteiger partial charge < -0.3 is 20.3 Å². The van der Waals surface area contributed by atoms with Crippen molar-refractivity contribution in [2.75, 3.05) is 27.4 Å². The van der Waals surface area contributed by atoms with Crippen LogP contribution >= 0.6 is 11.6 Å². The molecular weight excluding hydrogens is 266 g/mol. The van der Waals surface area contributed by atoms with E-state index in [0.717, 1.165) is 17.7 Å². The van der Waals surface area contributed by atoms with Gasteiger partial charge in [-0.1, -0.05) is 18.5 Å². The summed E-state index contributed by atoms with van der Waals surface area (Å²) in [5.74, 6) is 1.67. The Morgan fingerprint density at radius 3 is 2.37 bits per heavy atom. The van der Waals surface area contributed by atoms with Crippen molar-refractivity contribution in [3.05, 3.63) is 22.7 Å². The number of halogens is 1. The minimum atomic E-state index is 0.0754. The van der Waals surface area contributed by atoms with Gasteiger partial charge in [0.1, 0.15) is 11.5 Å². The van der Waals surface area contributed by atoms with Gasteiger partial charge in [0, 0.05) is 12.7 Å². The number of benzene rings is 1. The average Bonchev–Trinajstić information content (AvgIpc) is 2.41. The average molecular weight is 288 g/mol. The van der Waals surface area contributed by atoms with Crippen LogP contribution in [0.15, 0.2) is 12.1 Å².